The van der Waals surface area contributed by atoms with Gasteiger partial charge in [-0.15, -0.1) is 13.2 Å². The highest BCUT2D eigenvalue weighted by Gasteiger charge is 2.23. The van der Waals surface area contributed by atoms with Crippen LogP contribution in [-0.4, -0.2) is 36.4 Å². The summed E-state index contributed by atoms with van der Waals surface area (Å²) in [6.07, 6.45) is 3.80. The van der Waals surface area contributed by atoms with Gasteiger partial charge in [0.1, 0.15) is 25.0 Å². The Balaban J connectivity index is 1.81. The maximum atomic E-state index is 5.83. The molecule has 0 aromatic heterocycles. The average Bonchev–Trinajstić information content (AvgIpc) is 2.46. The van der Waals surface area contributed by atoms with Gasteiger partial charge in [-0.25, -0.2) is 0 Å². The van der Waals surface area contributed by atoms with E-state index in [2.05, 4.69) is 35.1 Å². The fourth-order valence-electron chi connectivity index (χ4n) is 2.65. The first-order chi connectivity index (χ1) is 9.80. The standard InChI is InChI=1S/C16H20N2O2/c1-3-5-17-9-13-7-16-14(8-15(13)19-11-17)10-18(6-4-2)12-20-16/h3-4,7-8H,1-2,5-6,9-12H2. The molecule has 0 aliphatic carbocycles. The van der Waals surface area contributed by atoms with Gasteiger partial charge in [0.15, 0.2) is 0 Å². The second kappa shape index (κ2) is 5.69. The number of hydrogen-bond acceptors (Lipinski definition) is 4. The summed E-state index contributed by atoms with van der Waals surface area (Å²) in [4.78, 5) is 4.41. The van der Waals surface area contributed by atoms with Gasteiger partial charge in [-0.1, -0.05) is 12.2 Å². The van der Waals surface area contributed by atoms with E-state index >= 15 is 0 Å². The van der Waals surface area contributed by atoms with Gasteiger partial charge >= 0.3 is 0 Å². The van der Waals surface area contributed by atoms with Crippen molar-refractivity contribution in [3.05, 3.63) is 48.6 Å². The third-order valence-electron chi connectivity index (χ3n) is 3.61. The van der Waals surface area contributed by atoms with Gasteiger partial charge in [-0.2, -0.15) is 0 Å². The van der Waals surface area contributed by atoms with E-state index in [4.69, 9.17) is 9.47 Å². The number of nitrogens with zero attached hydrogens (tertiary/aromatic N) is 2. The highest BCUT2D eigenvalue weighted by atomic mass is 16.5. The van der Waals surface area contributed by atoms with Crippen molar-refractivity contribution >= 4 is 0 Å². The van der Waals surface area contributed by atoms with Crippen molar-refractivity contribution in [1.82, 2.24) is 9.80 Å². The molecule has 0 atom stereocenters. The van der Waals surface area contributed by atoms with Gasteiger partial charge in [0.2, 0.25) is 0 Å². The van der Waals surface area contributed by atoms with Gasteiger partial charge in [0.25, 0.3) is 0 Å². The van der Waals surface area contributed by atoms with Crippen LogP contribution in [-0.2, 0) is 13.1 Å². The van der Waals surface area contributed by atoms with Gasteiger partial charge in [-0.3, -0.25) is 9.80 Å². The van der Waals surface area contributed by atoms with Crippen LogP contribution in [0, 0.1) is 0 Å². The molecule has 0 spiro atoms. The maximum Gasteiger partial charge on any atom is 0.142 e. The van der Waals surface area contributed by atoms with Gasteiger partial charge < -0.3 is 9.47 Å². The minimum absolute atomic E-state index is 0.620. The molecule has 106 valence electrons. The van der Waals surface area contributed by atoms with Crippen molar-refractivity contribution in [3.63, 3.8) is 0 Å². The molecule has 4 heteroatoms. The minimum atomic E-state index is 0.620. The lowest BCUT2D eigenvalue weighted by atomic mass is 10.1. The average molecular weight is 272 g/mol. The molecule has 1 aromatic rings. The first-order valence-corrected chi connectivity index (χ1v) is 6.88. The van der Waals surface area contributed by atoms with E-state index in [0.717, 1.165) is 37.7 Å². The summed E-state index contributed by atoms with van der Waals surface area (Å²) in [7, 11) is 0. The third-order valence-corrected chi connectivity index (χ3v) is 3.61. The molecule has 0 saturated heterocycles. The van der Waals surface area contributed by atoms with Crippen molar-refractivity contribution in [2.45, 2.75) is 13.1 Å². The molecule has 2 aliphatic heterocycles. The Bertz CT molecular complexity index is 480. The summed E-state index contributed by atoms with van der Waals surface area (Å²) >= 11 is 0. The van der Waals surface area contributed by atoms with Crippen LogP contribution in [0.1, 0.15) is 11.1 Å². The zero-order valence-electron chi connectivity index (χ0n) is 11.7. The highest BCUT2D eigenvalue weighted by molar-refractivity contribution is 5.47. The molecule has 0 amide bonds. The molecule has 0 radical (unpaired) electrons. The van der Waals surface area contributed by atoms with Crippen molar-refractivity contribution in [1.29, 1.82) is 0 Å². The summed E-state index contributed by atoms with van der Waals surface area (Å²) in [6, 6.07) is 4.23. The fourth-order valence-corrected chi connectivity index (χ4v) is 2.65. The van der Waals surface area contributed by atoms with Crippen molar-refractivity contribution < 1.29 is 9.47 Å². The van der Waals surface area contributed by atoms with E-state index in [1.165, 1.54) is 11.1 Å². The van der Waals surface area contributed by atoms with Gasteiger partial charge in [-0.05, 0) is 12.1 Å². The Morgan fingerprint density at radius 2 is 1.35 bits per heavy atom. The molecule has 0 N–H and O–H groups in total. The number of fused-ring (bicyclic) bond motifs is 2. The molecular formula is C16H20N2O2. The second-order valence-electron chi connectivity index (χ2n) is 5.21. The van der Waals surface area contributed by atoms with Crippen LogP contribution in [0.25, 0.3) is 0 Å². The molecule has 3 rings (SSSR count). The molecule has 1 aromatic carbocycles. The van der Waals surface area contributed by atoms with E-state index < -0.39 is 0 Å². The lowest BCUT2D eigenvalue weighted by Gasteiger charge is -2.32. The Kier molecular flexibility index (Phi) is 3.76. The van der Waals surface area contributed by atoms with Crippen molar-refractivity contribution in [3.8, 4) is 11.5 Å². The summed E-state index contributed by atoms with van der Waals surface area (Å²) in [5.74, 6) is 1.96. The molecule has 0 fully saturated rings. The van der Waals surface area contributed by atoms with E-state index in [1.54, 1.807) is 0 Å². The molecule has 0 bridgehead atoms. The first-order valence-electron chi connectivity index (χ1n) is 6.88. The van der Waals surface area contributed by atoms with Crippen LogP contribution in [0.3, 0.4) is 0 Å². The number of rotatable bonds is 4. The summed E-state index contributed by atoms with van der Waals surface area (Å²) < 4.78 is 11.7. The maximum absolute atomic E-state index is 5.83. The SMILES string of the molecule is C=CCN1COc2cc3c(cc2C1)OCN(CC=C)C3. The monoisotopic (exact) mass is 272 g/mol. The minimum Gasteiger partial charge on any atom is -0.478 e. The molecular weight excluding hydrogens is 252 g/mol. The predicted molar refractivity (Wildman–Crippen MR) is 78.6 cm³/mol. The Morgan fingerprint density at radius 3 is 1.75 bits per heavy atom. The molecule has 4 nitrogen and oxygen atoms in total. The van der Waals surface area contributed by atoms with Crippen LogP contribution >= 0.6 is 0 Å². The first kappa shape index (κ1) is 13.2. The van der Waals surface area contributed by atoms with Crippen LogP contribution in [0.4, 0.5) is 0 Å². The topological polar surface area (TPSA) is 24.9 Å². The molecule has 2 aliphatic rings. The third kappa shape index (κ3) is 2.57. The Morgan fingerprint density at radius 1 is 0.900 bits per heavy atom. The summed E-state index contributed by atoms with van der Waals surface area (Å²) in [6.45, 7) is 12.2. The molecule has 2 heterocycles. The Labute approximate surface area is 119 Å². The Hall–Kier alpha value is -1.78. The smallest absolute Gasteiger partial charge is 0.142 e. The summed E-state index contributed by atoms with van der Waals surface area (Å²) in [5.41, 5.74) is 2.38. The normalized spacial score (nSPS) is 18.4. The highest BCUT2D eigenvalue weighted by Crippen LogP contribution is 2.35. The van der Waals surface area contributed by atoms with E-state index in [0.29, 0.717) is 13.5 Å². The predicted octanol–water partition coefficient (Wildman–Crippen LogP) is 2.36. The molecule has 0 unspecified atom stereocenters. The number of hydrogen-bond donors (Lipinski definition) is 0. The summed E-state index contributed by atoms with van der Waals surface area (Å²) in [5, 5.41) is 0. The van der Waals surface area contributed by atoms with Crippen LogP contribution in [0.15, 0.2) is 37.4 Å². The number of benzene rings is 1. The fraction of sp³-hybridized carbons (Fsp3) is 0.375. The van der Waals surface area contributed by atoms with Crippen molar-refractivity contribution in [2.75, 3.05) is 26.6 Å². The quantitative estimate of drug-likeness (QED) is 0.786. The number of ether oxygens (including phenoxy) is 2. The second-order valence-corrected chi connectivity index (χ2v) is 5.21. The molecule has 0 saturated carbocycles. The zero-order valence-corrected chi connectivity index (χ0v) is 11.7. The van der Waals surface area contributed by atoms with Gasteiger partial charge in [0.05, 0.1) is 0 Å². The molecule has 20 heavy (non-hydrogen) atoms. The van der Waals surface area contributed by atoms with Crippen molar-refractivity contribution in [2.24, 2.45) is 0 Å². The largest absolute Gasteiger partial charge is 0.478 e. The van der Waals surface area contributed by atoms with Crippen LogP contribution in [0.2, 0.25) is 0 Å². The lowest BCUT2D eigenvalue weighted by Crippen LogP contribution is -2.34. The van der Waals surface area contributed by atoms with E-state index in [-0.39, 0.29) is 0 Å². The zero-order chi connectivity index (χ0) is 13.9. The van der Waals surface area contributed by atoms with E-state index in [9.17, 15) is 0 Å². The lowest BCUT2D eigenvalue weighted by molar-refractivity contribution is 0.0961. The van der Waals surface area contributed by atoms with Gasteiger partial charge in [0, 0.05) is 37.3 Å². The van der Waals surface area contributed by atoms with Crippen LogP contribution in [0.5, 0.6) is 11.5 Å². The van der Waals surface area contributed by atoms with Crippen LogP contribution < -0.4 is 9.47 Å². The van der Waals surface area contributed by atoms with E-state index in [1.807, 2.05) is 12.2 Å².